The summed E-state index contributed by atoms with van der Waals surface area (Å²) in [5, 5.41) is 9.85. The van der Waals surface area contributed by atoms with Crippen molar-refractivity contribution in [2.45, 2.75) is 72.8 Å². The van der Waals surface area contributed by atoms with Gasteiger partial charge in [0.1, 0.15) is 13.4 Å². The Bertz CT molecular complexity index is 1080. The number of fused-ring (bicyclic) bond motifs is 1. The van der Waals surface area contributed by atoms with Crippen molar-refractivity contribution in [2.24, 2.45) is 5.41 Å². The van der Waals surface area contributed by atoms with Crippen LogP contribution in [0.4, 0.5) is 11.5 Å². The van der Waals surface area contributed by atoms with E-state index in [2.05, 4.69) is 71.1 Å². The first-order chi connectivity index (χ1) is 14.2. The number of aromatic amines is 1. The first-order valence-electron chi connectivity index (χ1n) is 10.7. The molecule has 2 heterocycles. The quantitative estimate of drug-likeness (QED) is 0.528. The van der Waals surface area contributed by atoms with Crippen molar-refractivity contribution in [3.63, 3.8) is 0 Å². The topological polar surface area (TPSA) is 74.2 Å². The van der Waals surface area contributed by atoms with E-state index in [9.17, 15) is 4.79 Å². The Balaban J connectivity index is 2.00. The number of H-pyrrole nitrogens is 1. The second kappa shape index (κ2) is 7.77. The molecule has 3 aromatic rings. The maximum absolute atomic E-state index is 13.0. The Morgan fingerprint density at radius 3 is 2.23 bits per heavy atom. The lowest BCUT2D eigenvalue weighted by molar-refractivity contribution is 0.102. The van der Waals surface area contributed by atoms with Crippen LogP contribution in [0, 0.1) is 5.41 Å². The van der Waals surface area contributed by atoms with Gasteiger partial charge in [-0.05, 0) is 37.8 Å². The van der Waals surface area contributed by atoms with Gasteiger partial charge in [0.05, 0.1) is 5.69 Å². The molecule has 0 unspecified atom stereocenters. The maximum Gasteiger partial charge on any atom is 0.261 e. The van der Waals surface area contributed by atoms with Crippen LogP contribution >= 0.6 is 0 Å². The summed E-state index contributed by atoms with van der Waals surface area (Å²) in [6.07, 6.45) is 2.67. The molecule has 0 atom stereocenters. The van der Waals surface area contributed by atoms with Gasteiger partial charge in [-0.15, -0.1) is 0 Å². The van der Waals surface area contributed by atoms with Crippen molar-refractivity contribution in [3.8, 4) is 0 Å². The summed E-state index contributed by atoms with van der Waals surface area (Å²) in [6.45, 7) is 17.5. The average molecular weight is 419 g/mol. The highest BCUT2D eigenvalue weighted by atomic mass is 16.1. The molecule has 1 aromatic carbocycles. The minimum atomic E-state index is -0.220. The van der Waals surface area contributed by atoms with Crippen molar-refractivity contribution in [3.05, 3.63) is 41.7 Å². The number of hydrogen-bond donors (Lipinski definition) is 3. The highest BCUT2D eigenvalue weighted by Crippen LogP contribution is 2.35. The standard InChI is InChI=1S/C24H34BN5O/c1-22(2,3)14-24(7,8)29-20-18(23(4,5)6)28-19-17(13-26-30(19)20)21(31)27-16-11-9-15(25)10-12-16/h9-13,26,29H,14H2,1-8H3,(H,27,31). The third-order valence-electron chi connectivity index (χ3n) is 5.01. The van der Waals surface area contributed by atoms with Crippen LogP contribution in [0.25, 0.3) is 5.65 Å². The molecule has 3 rings (SSSR count). The third kappa shape index (κ3) is 5.32. The lowest BCUT2D eigenvalue weighted by Crippen LogP contribution is -2.36. The molecular weight excluding hydrogens is 385 g/mol. The summed E-state index contributed by atoms with van der Waals surface area (Å²) < 4.78 is 1.88. The summed E-state index contributed by atoms with van der Waals surface area (Å²) in [6, 6.07) is 7.08. The van der Waals surface area contributed by atoms with Gasteiger partial charge >= 0.3 is 0 Å². The van der Waals surface area contributed by atoms with Gasteiger partial charge in [-0.1, -0.05) is 59.1 Å². The number of amides is 1. The third-order valence-corrected chi connectivity index (χ3v) is 5.01. The second-order valence-electron chi connectivity index (χ2n) is 11.2. The van der Waals surface area contributed by atoms with Gasteiger partial charge in [-0.25, -0.2) is 9.50 Å². The van der Waals surface area contributed by atoms with Gasteiger partial charge in [-0.2, -0.15) is 0 Å². The highest BCUT2D eigenvalue weighted by Gasteiger charge is 2.32. The number of carbonyl (C=O) groups is 1. The highest BCUT2D eigenvalue weighted by molar-refractivity contribution is 6.32. The molecular formula is C24H34BN5O. The fourth-order valence-electron chi connectivity index (χ4n) is 4.18. The molecule has 2 radical (unpaired) electrons. The Kier molecular flexibility index (Phi) is 5.76. The molecule has 6 nitrogen and oxygen atoms in total. The van der Waals surface area contributed by atoms with Gasteiger partial charge in [0.25, 0.3) is 5.91 Å². The molecule has 0 bridgehead atoms. The minimum absolute atomic E-state index is 0.161. The van der Waals surface area contributed by atoms with Crippen LogP contribution in [-0.4, -0.2) is 33.9 Å². The Labute approximate surface area is 186 Å². The monoisotopic (exact) mass is 419 g/mol. The Morgan fingerprint density at radius 1 is 1.06 bits per heavy atom. The van der Waals surface area contributed by atoms with E-state index in [1.807, 2.05) is 4.52 Å². The van der Waals surface area contributed by atoms with E-state index in [1.165, 1.54) is 0 Å². The number of nitrogens with zero attached hydrogens (tertiary/aromatic N) is 2. The predicted octanol–water partition coefficient (Wildman–Crippen LogP) is 4.63. The molecule has 0 spiro atoms. The number of hydrogen-bond acceptors (Lipinski definition) is 3. The van der Waals surface area contributed by atoms with Crippen LogP contribution in [0.15, 0.2) is 30.5 Å². The van der Waals surface area contributed by atoms with E-state index in [1.54, 1.807) is 30.5 Å². The fraction of sp³-hybridized carbons (Fsp3) is 0.500. The number of aromatic nitrogens is 3. The first kappa shape index (κ1) is 23.0. The second-order valence-corrected chi connectivity index (χ2v) is 11.2. The van der Waals surface area contributed by atoms with Gasteiger partial charge in [0.15, 0.2) is 11.5 Å². The number of carbonyl (C=O) groups excluding carboxylic acids is 1. The number of rotatable bonds is 5. The van der Waals surface area contributed by atoms with Crippen LogP contribution in [-0.2, 0) is 5.41 Å². The van der Waals surface area contributed by atoms with E-state index < -0.39 is 0 Å². The largest absolute Gasteiger partial charge is 0.364 e. The average Bonchev–Trinajstić information content (AvgIpc) is 3.14. The van der Waals surface area contributed by atoms with Crippen molar-refractivity contribution in [1.82, 2.24) is 14.6 Å². The molecule has 164 valence electrons. The lowest BCUT2D eigenvalue weighted by Gasteiger charge is -2.34. The summed E-state index contributed by atoms with van der Waals surface area (Å²) in [5.41, 5.74) is 3.16. The fourth-order valence-corrected chi connectivity index (χ4v) is 4.18. The van der Waals surface area contributed by atoms with E-state index in [0.717, 1.165) is 17.9 Å². The first-order valence-corrected chi connectivity index (χ1v) is 10.7. The minimum Gasteiger partial charge on any atom is -0.364 e. The molecule has 0 saturated heterocycles. The molecule has 0 saturated carbocycles. The lowest BCUT2D eigenvalue weighted by atomic mass is 9.81. The van der Waals surface area contributed by atoms with Crippen LogP contribution in [0.1, 0.15) is 77.9 Å². The number of benzene rings is 1. The molecule has 0 aliphatic carbocycles. The van der Waals surface area contributed by atoms with Crippen molar-refractivity contribution < 1.29 is 4.79 Å². The smallest absolute Gasteiger partial charge is 0.261 e. The zero-order valence-electron chi connectivity index (χ0n) is 20.0. The summed E-state index contributed by atoms with van der Waals surface area (Å²) >= 11 is 0. The van der Waals surface area contributed by atoms with Crippen LogP contribution < -0.4 is 16.1 Å². The molecule has 31 heavy (non-hydrogen) atoms. The SMILES string of the molecule is [B]c1ccc(NC(=O)c2c[nH]n3c(NC(C)(C)CC(C)(C)C)c(C(C)(C)C)nc23)cc1. The predicted molar refractivity (Wildman–Crippen MR) is 130 cm³/mol. The maximum atomic E-state index is 13.0. The van der Waals surface area contributed by atoms with Gasteiger partial charge in [-0.3, -0.25) is 9.89 Å². The molecule has 0 aliphatic heterocycles. The molecule has 1 amide bonds. The van der Waals surface area contributed by atoms with E-state index in [4.69, 9.17) is 12.8 Å². The number of nitrogens with one attached hydrogen (secondary N) is 3. The molecule has 0 aliphatic rings. The van der Waals surface area contributed by atoms with Gasteiger partial charge in [0, 0.05) is 22.8 Å². The molecule has 3 N–H and O–H groups in total. The zero-order chi connectivity index (χ0) is 23.2. The van der Waals surface area contributed by atoms with Crippen molar-refractivity contribution in [2.75, 3.05) is 10.6 Å². The molecule has 7 heteroatoms. The van der Waals surface area contributed by atoms with Gasteiger partial charge < -0.3 is 10.6 Å². The van der Waals surface area contributed by atoms with Gasteiger partial charge in [0.2, 0.25) is 0 Å². The number of anilines is 2. The zero-order valence-corrected chi connectivity index (χ0v) is 20.0. The number of imidazole rings is 1. The van der Waals surface area contributed by atoms with E-state index in [0.29, 0.717) is 22.4 Å². The van der Waals surface area contributed by atoms with Crippen LogP contribution in [0.3, 0.4) is 0 Å². The Hall–Kier alpha value is -2.70. The van der Waals surface area contributed by atoms with Crippen LogP contribution in [0.2, 0.25) is 0 Å². The van der Waals surface area contributed by atoms with Crippen molar-refractivity contribution in [1.29, 1.82) is 0 Å². The summed E-state index contributed by atoms with van der Waals surface area (Å²) in [7, 11) is 5.74. The Morgan fingerprint density at radius 2 is 1.68 bits per heavy atom. The van der Waals surface area contributed by atoms with Crippen molar-refractivity contribution >= 4 is 36.4 Å². The van der Waals surface area contributed by atoms with E-state index in [-0.39, 0.29) is 22.3 Å². The summed E-state index contributed by atoms with van der Waals surface area (Å²) in [5.74, 6) is 0.672. The normalized spacial score (nSPS) is 12.9. The molecule has 2 aromatic heterocycles. The molecule has 0 fully saturated rings. The van der Waals surface area contributed by atoms with E-state index >= 15 is 0 Å². The van der Waals surface area contributed by atoms with Crippen LogP contribution in [0.5, 0.6) is 0 Å². The summed E-state index contributed by atoms with van der Waals surface area (Å²) in [4.78, 5) is 17.9.